The van der Waals surface area contributed by atoms with Gasteiger partial charge < -0.3 is 19.9 Å². The Balaban J connectivity index is 0.00000151. The van der Waals surface area contributed by atoms with Crippen LogP contribution in [-0.2, 0) is 36.8 Å². The number of aliphatic carboxylic acids is 1. The number of aromatic carboxylic acids is 1. The van der Waals surface area contributed by atoms with Gasteiger partial charge in [0.25, 0.3) is 0 Å². The molecule has 0 aliphatic heterocycles. The highest BCUT2D eigenvalue weighted by molar-refractivity contribution is 5.91. The number of hydrogen-bond acceptors (Lipinski definition) is 6. The van der Waals surface area contributed by atoms with E-state index >= 15 is 0 Å². The van der Waals surface area contributed by atoms with Gasteiger partial charge in [0.1, 0.15) is 5.69 Å². The van der Waals surface area contributed by atoms with Crippen molar-refractivity contribution in [3.05, 3.63) is 44.8 Å². The molecule has 0 spiro atoms. The normalized spacial score (nSPS) is 12.9. The molecule has 0 fully saturated rings. The van der Waals surface area contributed by atoms with Crippen LogP contribution in [0.2, 0.25) is 0 Å². The predicted octanol–water partition coefficient (Wildman–Crippen LogP) is 2.99. The van der Waals surface area contributed by atoms with E-state index < -0.39 is 11.9 Å². The Morgan fingerprint density at radius 3 is 2.19 bits per heavy atom. The maximum Gasteiger partial charge on any atom is 0.373 e. The van der Waals surface area contributed by atoms with Crippen LogP contribution in [0.3, 0.4) is 0 Å². The van der Waals surface area contributed by atoms with Crippen molar-refractivity contribution in [3.8, 4) is 0 Å². The summed E-state index contributed by atoms with van der Waals surface area (Å²) in [6.45, 7) is 5.60. The molecule has 0 aromatic carbocycles. The van der Waals surface area contributed by atoms with Crippen molar-refractivity contribution >= 4 is 24.1 Å². The molecule has 0 saturated carbocycles. The molecule has 1 aliphatic carbocycles. The average Bonchev–Trinajstić information content (AvgIpc) is 3.18. The molecule has 1 heterocycles. The lowest BCUT2D eigenvalue weighted by atomic mass is 9.95. The van der Waals surface area contributed by atoms with Gasteiger partial charge in [0.05, 0.1) is 7.11 Å². The predicted molar refractivity (Wildman–Crippen MR) is 108 cm³/mol. The summed E-state index contributed by atoms with van der Waals surface area (Å²) in [5.74, 6) is -2.33. The number of esters is 1. The van der Waals surface area contributed by atoms with E-state index in [-0.39, 0.29) is 24.2 Å². The summed E-state index contributed by atoms with van der Waals surface area (Å²) in [4.78, 5) is 53.9. The number of carboxylic acid groups (broad SMARTS) is 2. The molecule has 1 aliphatic rings. The Kier molecular flexibility index (Phi) is 9.63. The molecule has 9 heteroatoms. The minimum atomic E-state index is -1.06. The van der Waals surface area contributed by atoms with E-state index in [4.69, 9.17) is 14.3 Å². The third-order valence-electron chi connectivity index (χ3n) is 5.36. The first kappa shape index (κ1) is 25.6. The summed E-state index contributed by atoms with van der Waals surface area (Å²) in [7, 11) is 1.32. The number of aromatic amines is 1. The smallest absolute Gasteiger partial charge is 0.373 e. The Hall–Kier alpha value is -3.45. The molecule has 1 aromatic heterocycles. The number of allylic oxidation sites excluding steroid dienone is 3. The number of carboxylic acids is 2. The molecule has 0 atom stereocenters. The monoisotopic (exact) mass is 433 g/mol. The van der Waals surface area contributed by atoms with Crippen LogP contribution in [-0.4, -0.2) is 46.4 Å². The molecule has 168 valence electrons. The zero-order valence-electron chi connectivity index (χ0n) is 18.1. The Labute approximate surface area is 179 Å². The fourth-order valence-corrected chi connectivity index (χ4v) is 3.86. The van der Waals surface area contributed by atoms with Gasteiger partial charge in [-0.3, -0.25) is 4.79 Å². The number of H-pyrrole nitrogens is 1. The molecule has 0 bridgehead atoms. The number of ether oxygens (including phenoxy) is 1. The zero-order chi connectivity index (χ0) is 23.7. The maximum atomic E-state index is 11.6. The van der Waals surface area contributed by atoms with Crippen molar-refractivity contribution in [2.45, 2.75) is 59.3 Å². The largest absolute Gasteiger partial charge is 0.478 e. The number of rotatable bonds is 9. The lowest BCUT2D eigenvalue weighted by Crippen LogP contribution is -2.05. The maximum absolute atomic E-state index is 11.6. The summed E-state index contributed by atoms with van der Waals surface area (Å²) in [5.41, 5.74) is 5.46. The minimum Gasteiger partial charge on any atom is -0.478 e. The molecule has 0 radical (unpaired) electrons. The number of methoxy groups -OCH3 is 1. The summed E-state index contributed by atoms with van der Waals surface area (Å²) in [5, 5.41) is 18.9. The SMILES string of the molecule is CCCC1=C(Cc2[nH]c(C(=O)O)c(C)c2CCC(=O)OC)CC(C(=O)O)=C1C.O=C=O. The Morgan fingerprint density at radius 1 is 1.10 bits per heavy atom. The van der Waals surface area contributed by atoms with Gasteiger partial charge in [-0.25, -0.2) is 9.59 Å². The van der Waals surface area contributed by atoms with Gasteiger partial charge in [0.15, 0.2) is 0 Å². The Bertz CT molecular complexity index is 958. The van der Waals surface area contributed by atoms with Crippen molar-refractivity contribution in [1.29, 1.82) is 0 Å². The van der Waals surface area contributed by atoms with E-state index in [1.807, 2.05) is 13.8 Å². The quantitative estimate of drug-likeness (QED) is 0.503. The van der Waals surface area contributed by atoms with Crippen LogP contribution in [0.1, 0.15) is 66.8 Å². The van der Waals surface area contributed by atoms with Crippen molar-refractivity contribution < 1.29 is 38.9 Å². The van der Waals surface area contributed by atoms with Crippen LogP contribution in [0.15, 0.2) is 22.3 Å². The van der Waals surface area contributed by atoms with E-state index in [1.165, 1.54) is 7.11 Å². The highest BCUT2D eigenvalue weighted by Crippen LogP contribution is 2.37. The van der Waals surface area contributed by atoms with Crippen molar-refractivity contribution in [1.82, 2.24) is 4.98 Å². The Morgan fingerprint density at radius 2 is 1.71 bits per heavy atom. The van der Waals surface area contributed by atoms with Crippen LogP contribution >= 0.6 is 0 Å². The van der Waals surface area contributed by atoms with E-state index in [0.717, 1.165) is 40.8 Å². The van der Waals surface area contributed by atoms with Gasteiger partial charge in [-0.2, -0.15) is 9.59 Å². The first-order valence-corrected chi connectivity index (χ1v) is 9.76. The number of carbonyl (C=O) groups excluding carboxylic acids is 3. The van der Waals surface area contributed by atoms with Gasteiger partial charge in [-0.05, 0) is 49.0 Å². The molecular weight excluding hydrogens is 406 g/mol. The number of aromatic nitrogens is 1. The van der Waals surface area contributed by atoms with E-state index in [1.54, 1.807) is 6.92 Å². The molecule has 9 nitrogen and oxygen atoms in total. The highest BCUT2D eigenvalue weighted by Gasteiger charge is 2.27. The molecule has 3 N–H and O–H groups in total. The minimum absolute atomic E-state index is 0.105. The number of nitrogens with one attached hydrogen (secondary N) is 1. The van der Waals surface area contributed by atoms with Crippen LogP contribution < -0.4 is 0 Å². The van der Waals surface area contributed by atoms with Crippen molar-refractivity contribution in [3.63, 3.8) is 0 Å². The van der Waals surface area contributed by atoms with E-state index in [9.17, 15) is 24.6 Å². The second kappa shape index (κ2) is 11.7. The van der Waals surface area contributed by atoms with Gasteiger partial charge >= 0.3 is 24.1 Å². The van der Waals surface area contributed by atoms with Crippen molar-refractivity contribution in [2.75, 3.05) is 7.11 Å². The summed E-state index contributed by atoms with van der Waals surface area (Å²) >= 11 is 0. The second-order valence-corrected chi connectivity index (χ2v) is 7.14. The molecule has 2 rings (SSSR count). The molecular formula is C22H27NO8. The molecule has 0 unspecified atom stereocenters. The van der Waals surface area contributed by atoms with Gasteiger partial charge in [0.2, 0.25) is 0 Å². The summed E-state index contributed by atoms with van der Waals surface area (Å²) < 4.78 is 4.70. The first-order chi connectivity index (χ1) is 14.6. The standard InChI is InChI=1S/C21H27NO6.CO2/c1-5-6-14-11(2)16(20(24)25)9-13(14)10-17-15(7-8-18(23)28-4)12(3)19(22-17)21(26)27;2-1-3/h22H,5-10H2,1-4H3,(H,24,25)(H,26,27);. The van der Waals surface area contributed by atoms with Crippen LogP contribution in [0.4, 0.5) is 0 Å². The lowest BCUT2D eigenvalue weighted by molar-refractivity contribution is -0.191. The fraction of sp³-hybridized carbons (Fsp3) is 0.455. The van der Waals surface area contributed by atoms with Crippen LogP contribution in [0.25, 0.3) is 0 Å². The second-order valence-electron chi connectivity index (χ2n) is 7.14. The summed E-state index contributed by atoms with van der Waals surface area (Å²) in [6, 6.07) is 0. The third-order valence-corrected chi connectivity index (χ3v) is 5.36. The van der Waals surface area contributed by atoms with E-state index in [0.29, 0.717) is 30.4 Å². The summed E-state index contributed by atoms with van der Waals surface area (Å²) in [6.07, 6.45) is 3.23. The van der Waals surface area contributed by atoms with Gasteiger partial charge in [-0.15, -0.1) is 0 Å². The molecule has 0 saturated heterocycles. The topological polar surface area (TPSA) is 151 Å². The molecule has 31 heavy (non-hydrogen) atoms. The fourth-order valence-electron chi connectivity index (χ4n) is 3.86. The van der Waals surface area contributed by atoms with E-state index in [2.05, 4.69) is 4.98 Å². The molecule has 1 aromatic rings. The zero-order valence-corrected chi connectivity index (χ0v) is 18.1. The number of hydrogen-bond donors (Lipinski definition) is 3. The van der Waals surface area contributed by atoms with Gasteiger partial charge in [-0.1, -0.05) is 18.9 Å². The average molecular weight is 433 g/mol. The highest BCUT2D eigenvalue weighted by atomic mass is 16.5. The van der Waals surface area contributed by atoms with Crippen LogP contribution in [0, 0.1) is 6.92 Å². The number of carbonyl (C=O) groups is 3. The van der Waals surface area contributed by atoms with Crippen molar-refractivity contribution in [2.24, 2.45) is 0 Å². The molecule has 0 amide bonds. The van der Waals surface area contributed by atoms with Crippen LogP contribution in [0.5, 0.6) is 0 Å². The first-order valence-electron chi connectivity index (χ1n) is 9.76. The third kappa shape index (κ3) is 6.26. The lowest BCUT2D eigenvalue weighted by Gasteiger charge is -2.10. The van der Waals surface area contributed by atoms with Gasteiger partial charge in [0, 0.05) is 30.5 Å².